The Balaban J connectivity index is 2.38. The normalized spacial score (nSPS) is 25.1. The zero-order valence-corrected chi connectivity index (χ0v) is 10.1. The fraction of sp³-hybridized carbons (Fsp3) is 1.00. The van der Waals surface area contributed by atoms with Gasteiger partial charge in [0.25, 0.3) is 0 Å². The lowest BCUT2D eigenvalue weighted by atomic mass is 9.98. The summed E-state index contributed by atoms with van der Waals surface area (Å²) in [7, 11) is 0. The number of rotatable bonds is 3. The molecule has 2 nitrogen and oxygen atoms in total. The predicted molar refractivity (Wildman–Crippen MR) is 62.6 cm³/mol. The largest absolute Gasteiger partial charge is 0.317 e. The van der Waals surface area contributed by atoms with Crippen molar-refractivity contribution in [3.05, 3.63) is 0 Å². The molecule has 1 aliphatic heterocycles. The maximum atomic E-state index is 3.46. The Labute approximate surface area is 89.1 Å². The SMILES string of the molecule is CCC(C)C(C)N1CCCNCCC1. The van der Waals surface area contributed by atoms with E-state index in [0.29, 0.717) is 0 Å². The Kier molecular flexibility index (Phi) is 5.49. The van der Waals surface area contributed by atoms with Crippen molar-refractivity contribution in [2.45, 2.75) is 46.1 Å². The molecule has 1 heterocycles. The van der Waals surface area contributed by atoms with Crippen molar-refractivity contribution in [1.82, 2.24) is 10.2 Å². The second-order valence-corrected chi connectivity index (χ2v) is 4.62. The summed E-state index contributed by atoms with van der Waals surface area (Å²) in [6.45, 7) is 12.0. The van der Waals surface area contributed by atoms with Crippen molar-refractivity contribution in [3.8, 4) is 0 Å². The Hall–Kier alpha value is -0.0800. The van der Waals surface area contributed by atoms with Crippen molar-refractivity contribution < 1.29 is 0 Å². The van der Waals surface area contributed by atoms with Crippen LogP contribution in [0.3, 0.4) is 0 Å². The lowest BCUT2D eigenvalue weighted by Gasteiger charge is -2.34. The van der Waals surface area contributed by atoms with Crippen LogP contribution in [-0.4, -0.2) is 37.1 Å². The van der Waals surface area contributed by atoms with Gasteiger partial charge in [0.05, 0.1) is 0 Å². The van der Waals surface area contributed by atoms with Crippen LogP contribution in [0.2, 0.25) is 0 Å². The molecule has 1 aliphatic rings. The fourth-order valence-corrected chi connectivity index (χ4v) is 2.16. The highest BCUT2D eigenvalue weighted by molar-refractivity contribution is 4.74. The van der Waals surface area contributed by atoms with E-state index in [0.717, 1.165) is 12.0 Å². The molecule has 2 atom stereocenters. The third kappa shape index (κ3) is 3.58. The van der Waals surface area contributed by atoms with Crippen LogP contribution in [0.4, 0.5) is 0 Å². The Morgan fingerprint density at radius 3 is 2.21 bits per heavy atom. The summed E-state index contributed by atoms with van der Waals surface area (Å²) in [5.41, 5.74) is 0. The van der Waals surface area contributed by atoms with Crippen LogP contribution in [0.5, 0.6) is 0 Å². The van der Waals surface area contributed by atoms with Crippen molar-refractivity contribution in [2.24, 2.45) is 5.92 Å². The summed E-state index contributed by atoms with van der Waals surface area (Å²) in [4.78, 5) is 2.68. The molecule has 84 valence electrons. The second-order valence-electron chi connectivity index (χ2n) is 4.62. The zero-order chi connectivity index (χ0) is 10.4. The van der Waals surface area contributed by atoms with E-state index in [-0.39, 0.29) is 0 Å². The van der Waals surface area contributed by atoms with Crippen LogP contribution in [0.1, 0.15) is 40.0 Å². The van der Waals surface area contributed by atoms with Gasteiger partial charge in [-0.3, -0.25) is 0 Å². The summed E-state index contributed by atoms with van der Waals surface area (Å²) in [6, 6.07) is 0.762. The van der Waals surface area contributed by atoms with E-state index in [9.17, 15) is 0 Å². The fourth-order valence-electron chi connectivity index (χ4n) is 2.16. The molecule has 2 unspecified atom stereocenters. The van der Waals surface area contributed by atoms with Gasteiger partial charge in [-0.2, -0.15) is 0 Å². The summed E-state index contributed by atoms with van der Waals surface area (Å²) in [6.07, 6.45) is 3.91. The molecule has 1 fully saturated rings. The zero-order valence-electron chi connectivity index (χ0n) is 10.1. The van der Waals surface area contributed by atoms with Gasteiger partial charge >= 0.3 is 0 Å². The van der Waals surface area contributed by atoms with Crippen LogP contribution >= 0.6 is 0 Å². The second kappa shape index (κ2) is 6.41. The van der Waals surface area contributed by atoms with E-state index in [1.807, 2.05) is 0 Å². The van der Waals surface area contributed by atoms with Crippen molar-refractivity contribution >= 4 is 0 Å². The number of hydrogen-bond acceptors (Lipinski definition) is 2. The number of nitrogens with one attached hydrogen (secondary N) is 1. The Morgan fingerprint density at radius 1 is 1.14 bits per heavy atom. The molecule has 0 aromatic carbocycles. The first kappa shape index (κ1) is 12.0. The van der Waals surface area contributed by atoms with E-state index < -0.39 is 0 Å². The van der Waals surface area contributed by atoms with Gasteiger partial charge in [0.15, 0.2) is 0 Å². The highest BCUT2D eigenvalue weighted by Crippen LogP contribution is 2.15. The monoisotopic (exact) mass is 198 g/mol. The Bertz CT molecular complexity index is 139. The molecule has 0 amide bonds. The maximum absolute atomic E-state index is 3.46. The first-order chi connectivity index (χ1) is 6.75. The van der Waals surface area contributed by atoms with Gasteiger partial charge < -0.3 is 10.2 Å². The molecule has 0 bridgehead atoms. The van der Waals surface area contributed by atoms with Gasteiger partial charge in [0, 0.05) is 6.04 Å². The van der Waals surface area contributed by atoms with Crippen LogP contribution in [-0.2, 0) is 0 Å². The van der Waals surface area contributed by atoms with Crippen LogP contribution in [0.15, 0.2) is 0 Å². The first-order valence-electron chi connectivity index (χ1n) is 6.20. The molecule has 0 saturated carbocycles. The van der Waals surface area contributed by atoms with E-state index in [1.54, 1.807) is 0 Å². The van der Waals surface area contributed by atoms with Gasteiger partial charge in [0.1, 0.15) is 0 Å². The minimum Gasteiger partial charge on any atom is -0.317 e. The first-order valence-corrected chi connectivity index (χ1v) is 6.20. The molecule has 0 aliphatic carbocycles. The van der Waals surface area contributed by atoms with Crippen molar-refractivity contribution in [3.63, 3.8) is 0 Å². The molecule has 14 heavy (non-hydrogen) atoms. The van der Waals surface area contributed by atoms with Gasteiger partial charge in [-0.15, -0.1) is 0 Å². The molecule has 1 N–H and O–H groups in total. The van der Waals surface area contributed by atoms with Crippen molar-refractivity contribution in [1.29, 1.82) is 0 Å². The Morgan fingerprint density at radius 2 is 1.71 bits per heavy atom. The molecule has 0 spiro atoms. The molecule has 1 saturated heterocycles. The summed E-state index contributed by atoms with van der Waals surface area (Å²) >= 11 is 0. The van der Waals surface area contributed by atoms with Gasteiger partial charge in [-0.25, -0.2) is 0 Å². The van der Waals surface area contributed by atoms with E-state index in [1.165, 1.54) is 45.4 Å². The van der Waals surface area contributed by atoms with Crippen LogP contribution in [0.25, 0.3) is 0 Å². The molecular formula is C12H26N2. The van der Waals surface area contributed by atoms with Gasteiger partial charge in [-0.1, -0.05) is 20.3 Å². The summed E-state index contributed by atoms with van der Waals surface area (Å²) in [5.74, 6) is 0.836. The predicted octanol–water partition coefficient (Wildman–Crippen LogP) is 2.11. The van der Waals surface area contributed by atoms with Gasteiger partial charge in [0.2, 0.25) is 0 Å². The molecule has 0 aromatic rings. The van der Waals surface area contributed by atoms with Crippen LogP contribution < -0.4 is 5.32 Å². The minimum absolute atomic E-state index is 0.762. The highest BCUT2D eigenvalue weighted by Gasteiger charge is 2.18. The summed E-state index contributed by atoms with van der Waals surface area (Å²) < 4.78 is 0. The quantitative estimate of drug-likeness (QED) is 0.747. The topological polar surface area (TPSA) is 15.3 Å². The summed E-state index contributed by atoms with van der Waals surface area (Å²) in [5, 5.41) is 3.46. The third-order valence-electron chi connectivity index (χ3n) is 3.64. The smallest absolute Gasteiger partial charge is 0.00924 e. The molecule has 0 aromatic heterocycles. The molecule has 1 rings (SSSR count). The number of hydrogen-bond donors (Lipinski definition) is 1. The minimum atomic E-state index is 0.762. The average Bonchev–Trinajstić information content (AvgIpc) is 2.15. The average molecular weight is 198 g/mol. The van der Waals surface area contributed by atoms with Crippen molar-refractivity contribution in [2.75, 3.05) is 26.2 Å². The standard InChI is InChI=1S/C12H26N2/c1-4-11(2)12(3)14-9-5-7-13-8-6-10-14/h11-13H,4-10H2,1-3H3. The van der Waals surface area contributed by atoms with E-state index in [4.69, 9.17) is 0 Å². The lowest BCUT2D eigenvalue weighted by Crippen LogP contribution is -2.42. The van der Waals surface area contributed by atoms with Crippen LogP contribution in [0, 0.1) is 5.92 Å². The van der Waals surface area contributed by atoms with E-state index in [2.05, 4.69) is 31.0 Å². The molecular weight excluding hydrogens is 172 g/mol. The molecule has 2 heteroatoms. The van der Waals surface area contributed by atoms with Gasteiger partial charge in [-0.05, 0) is 51.9 Å². The number of nitrogens with zero attached hydrogens (tertiary/aromatic N) is 1. The third-order valence-corrected chi connectivity index (χ3v) is 3.64. The van der Waals surface area contributed by atoms with E-state index >= 15 is 0 Å². The maximum Gasteiger partial charge on any atom is 0.00924 e. The lowest BCUT2D eigenvalue weighted by molar-refractivity contribution is 0.148. The molecule has 0 radical (unpaired) electrons. The highest BCUT2D eigenvalue weighted by atomic mass is 15.2.